The lowest BCUT2D eigenvalue weighted by molar-refractivity contribution is -0.137. The molecule has 168 valence electrons. The van der Waals surface area contributed by atoms with Crippen LogP contribution >= 0.6 is 0 Å². The Hall–Kier alpha value is -2.37. The van der Waals surface area contributed by atoms with Crippen molar-refractivity contribution >= 4 is 23.4 Å². The molecule has 0 bridgehead atoms. The Labute approximate surface area is 185 Å². The fourth-order valence-electron chi connectivity index (χ4n) is 5.22. The summed E-state index contributed by atoms with van der Waals surface area (Å²) in [5, 5.41) is 3.01. The summed E-state index contributed by atoms with van der Waals surface area (Å²) in [5.41, 5.74) is 1.29. The number of anilines is 1. The highest BCUT2D eigenvalue weighted by Crippen LogP contribution is 2.26. The SMILES string of the molecule is O=C(Nc1cccc(C(=O)N2CCC(C(=O)N3CCCCC3)CC2)c1)C1CCCCC1. The minimum Gasteiger partial charge on any atom is -0.342 e. The van der Waals surface area contributed by atoms with Crippen LogP contribution in [0.15, 0.2) is 24.3 Å². The minimum atomic E-state index is -0.0161. The number of nitrogens with zero attached hydrogens (tertiary/aromatic N) is 2. The number of amides is 3. The van der Waals surface area contributed by atoms with E-state index in [0.717, 1.165) is 64.5 Å². The molecule has 1 aromatic carbocycles. The Balaban J connectivity index is 1.31. The molecule has 0 radical (unpaired) electrons. The van der Waals surface area contributed by atoms with E-state index in [1.165, 1.54) is 12.8 Å². The van der Waals surface area contributed by atoms with Crippen LogP contribution in [-0.2, 0) is 9.59 Å². The van der Waals surface area contributed by atoms with Crippen LogP contribution in [0.2, 0.25) is 0 Å². The maximum Gasteiger partial charge on any atom is 0.253 e. The highest BCUT2D eigenvalue weighted by Gasteiger charge is 2.31. The van der Waals surface area contributed by atoms with Crippen molar-refractivity contribution in [3.8, 4) is 0 Å². The van der Waals surface area contributed by atoms with Crippen LogP contribution in [0.1, 0.15) is 74.6 Å². The van der Waals surface area contributed by atoms with Crippen LogP contribution < -0.4 is 5.32 Å². The fourth-order valence-corrected chi connectivity index (χ4v) is 5.22. The quantitative estimate of drug-likeness (QED) is 0.791. The monoisotopic (exact) mass is 425 g/mol. The molecule has 1 aromatic rings. The number of piperidine rings is 2. The molecule has 1 N–H and O–H groups in total. The van der Waals surface area contributed by atoms with Crippen molar-refractivity contribution in [1.29, 1.82) is 0 Å². The van der Waals surface area contributed by atoms with Gasteiger partial charge in [-0.25, -0.2) is 0 Å². The standard InChI is InChI=1S/C25H35N3O3/c29-23(19-8-3-1-4-9-19)26-22-11-7-10-21(18-22)25(31)28-16-12-20(13-17-28)24(30)27-14-5-2-6-15-27/h7,10-11,18-20H,1-6,8-9,12-17H2,(H,26,29). The van der Waals surface area contributed by atoms with E-state index < -0.39 is 0 Å². The first-order valence-electron chi connectivity index (χ1n) is 12.1. The lowest BCUT2D eigenvalue weighted by Crippen LogP contribution is -2.45. The molecule has 3 aliphatic rings. The number of carbonyl (C=O) groups is 3. The van der Waals surface area contributed by atoms with Crippen LogP contribution in [0, 0.1) is 11.8 Å². The zero-order chi connectivity index (χ0) is 21.6. The molecular weight excluding hydrogens is 390 g/mol. The second-order valence-corrected chi connectivity index (χ2v) is 9.36. The molecule has 3 amide bonds. The fraction of sp³-hybridized carbons (Fsp3) is 0.640. The summed E-state index contributed by atoms with van der Waals surface area (Å²) in [6, 6.07) is 7.27. The summed E-state index contributed by atoms with van der Waals surface area (Å²) in [6.07, 6.45) is 10.3. The van der Waals surface area contributed by atoms with Crippen molar-refractivity contribution in [1.82, 2.24) is 9.80 Å². The van der Waals surface area contributed by atoms with Gasteiger partial charge in [0.05, 0.1) is 0 Å². The molecule has 0 atom stereocenters. The second-order valence-electron chi connectivity index (χ2n) is 9.36. The van der Waals surface area contributed by atoms with Gasteiger partial charge in [0.15, 0.2) is 0 Å². The Bertz CT molecular complexity index is 789. The maximum absolute atomic E-state index is 13.0. The summed E-state index contributed by atoms with van der Waals surface area (Å²) in [6.45, 7) is 3.00. The molecule has 1 aliphatic carbocycles. The van der Waals surface area contributed by atoms with E-state index in [1.54, 1.807) is 6.07 Å². The van der Waals surface area contributed by atoms with Crippen LogP contribution in [0.3, 0.4) is 0 Å². The predicted octanol–water partition coefficient (Wildman–Crippen LogP) is 4.07. The van der Waals surface area contributed by atoms with Crippen LogP contribution in [0.4, 0.5) is 5.69 Å². The van der Waals surface area contributed by atoms with Crippen molar-refractivity contribution in [3.05, 3.63) is 29.8 Å². The molecular formula is C25H35N3O3. The zero-order valence-corrected chi connectivity index (χ0v) is 18.5. The third-order valence-electron chi connectivity index (χ3n) is 7.15. The summed E-state index contributed by atoms with van der Waals surface area (Å²) >= 11 is 0. The van der Waals surface area contributed by atoms with Gasteiger partial charge in [0.1, 0.15) is 0 Å². The Morgan fingerprint density at radius 3 is 2.13 bits per heavy atom. The van der Waals surface area contributed by atoms with Crippen molar-refractivity contribution in [3.63, 3.8) is 0 Å². The molecule has 6 nitrogen and oxygen atoms in total. The van der Waals surface area contributed by atoms with Gasteiger partial charge in [-0.3, -0.25) is 14.4 Å². The van der Waals surface area contributed by atoms with Gasteiger partial charge < -0.3 is 15.1 Å². The number of rotatable bonds is 4. The number of nitrogens with one attached hydrogen (secondary N) is 1. The zero-order valence-electron chi connectivity index (χ0n) is 18.5. The van der Waals surface area contributed by atoms with Crippen molar-refractivity contribution in [2.45, 2.75) is 64.2 Å². The number of hydrogen-bond acceptors (Lipinski definition) is 3. The van der Waals surface area contributed by atoms with Gasteiger partial charge in [0.2, 0.25) is 11.8 Å². The maximum atomic E-state index is 13.0. The molecule has 3 fully saturated rings. The second kappa shape index (κ2) is 10.3. The van der Waals surface area contributed by atoms with Crippen molar-refractivity contribution in [2.24, 2.45) is 11.8 Å². The van der Waals surface area contributed by atoms with Crippen molar-refractivity contribution < 1.29 is 14.4 Å². The molecule has 4 rings (SSSR count). The molecule has 2 saturated heterocycles. The van der Waals surface area contributed by atoms with Crippen molar-refractivity contribution in [2.75, 3.05) is 31.5 Å². The lowest BCUT2D eigenvalue weighted by atomic mass is 9.88. The predicted molar refractivity (Wildman–Crippen MR) is 121 cm³/mol. The summed E-state index contributed by atoms with van der Waals surface area (Å²) < 4.78 is 0. The Kier molecular flexibility index (Phi) is 7.25. The normalized spacial score (nSPS) is 21.0. The smallest absolute Gasteiger partial charge is 0.253 e. The molecule has 0 aromatic heterocycles. The van der Waals surface area contributed by atoms with E-state index in [-0.39, 0.29) is 29.6 Å². The molecule has 2 aliphatic heterocycles. The van der Waals surface area contributed by atoms with Gasteiger partial charge in [-0.1, -0.05) is 25.3 Å². The van der Waals surface area contributed by atoms with E-state index in [9.17, 15) is 14.4 Å². The first-order chi connectivity index (χ1) is 15.1. The van der Waals surface area contributed by atoms with Crippen LogP contribution in [0.25, 0.3) is 0 Å². The third kappa shape index (κ3) is 5.46. The highest BCUT2D eigenvalue weighted by atomic mass is 16.2. The summed E-state index contributed by atoms with van der Waals surface area (Å²) in [7, 11) is 0. The minimum absolute atomic E-state index is 0.0161. The average Bonchev–Trinajstić information content (AvgIpc) is 2.84. The highest BCUT2D eigenvalue weighted by molar-refractivity contribution is 5.97. The lowest BCUT2D eigenvalue weighted by Gasteiger charge is -2.35. The van der Waals surface area contributed by atoms with Gasteiger partial charge in [0, 0.05) is 49.3 Å². The first-order valence-corrected chi connectivity index (χ1v) is 12.1. The summed E-state index contributed by atoms with van der Waals surface area (Å²) in [5.74, 6) is 0.464. The number of carbonyl (C=O) groups excluding carboxylic acids is 3. The number of likely N-dealkylation sites (tertiary alicyclic amines) is 2. The molecule has 1 saturated carbocycles. The first kappa shape index (κ1) is 21.8. The third-order valence-corrected chi connectivity index (χ3v) is 7.15. The largest absolute Gasteiger partial charge is 0.342 e. The molecule has 0 spiro atoms. The molecule has 2 heterocycles. The van der Waals surface area contributed by atoms with E-state index in [0.29, 0.717) is 24.3 Å². The van der Waals surface area contributed by atoms with E-state index in [1.807, 2.05) is 28.0 Å². The number of benzene rings is 1. The molecule has 6 heteroatoms. The van der Waals surface area contributed by atoms with Gasteiger partial charge in [-0.2, -0.15) is 0 Å². The van der Waals surface area contributed by atoms with E-state index >= 15 is 0 Å². The topological polar surface area (TPSA) is 69.7 Å². The Morgan fingerprint density at radius 1 is 0.742 bits per heavy atom. The van der Waals surface area contributed by atoms with Gasteiger partial charge >= 0.3 is 0 Å². The molecule has 31 heavy (non-hydrogen) atoms. The average molecular weight is 426 g/mol. The van der Waals surface area contributed by atoms with Gasteiger partial charge in [0.25, 0.3) is 5.91 Å². The van der Waals surface area contributed by atoms with Gasteiger partial charge in [-0.15, -0.1) is 0 Å². The van der Waals surface area contributed by atoms with Crippen LogP contribution in [-0.4, -0.2) is 53.7 Å². The molecule has 0 unspecified atom stereocenters. The summed E-state index contributed by atoms with van der Waals surface area (Å²) in [4.78, 5) is 42.2. The number of hydrogen-bond donors (Lipinski definition) is 1. The van der Waals surface area contributed by atoms with Crippen LogP contribution in [0.5, 0.6) is 0 Å². The van der Waals surface area contributed by atoms with Gasteiger partial charge in [-0.05, 0) is 63.1 Å². The Morgan fingerprint density at radius 2 is 1.42 bits per heavy atom. The van der Waals surface area contributed by atoms with E-state index in [2.05, 4.69) is 5.32 Å². The van der Waals surface area contributed by atoms with E-state index in [4.69, 9.17) is 0 Å².